The van der Waals surface area contributed by atoms with Gasteiger partial charge in [-0.1, -0.05) is 55.5 Å². The zero-order valence-electron chi connectivity index (χ0n) is 25.6. The Balaban J connectivity index is 1.42. The van der Waals surface area contributed by atoms with Crippen LogP contribution in [0, 0.1) is 18.8 Å². The van der Waals surface area contributed by atoms with Crippen LogP contribution in [0.5, 0.6) is 11.5 Å². The van der Waals surface area contributed by atoms with Gasteiger partial charge in [0.1, 0.15) is 35.2 Å². The van der Waals surface area contributed by atoms with Crippen molar-refractivity contribution in [2.24, 2.45) is 11.8 Å². The predicted molar refractivity (Wildman–Crippen MR) is 167 cm³/mol. The summed E-state index contributed by atoms with van der Waals surface area (Å²) in [6.45, 7) is 6.08. The number of phenolic OH excluding ortho intramolecular Hbond substituents is 1. The molecule has 3 aliphatic rings. The number of allylic oxidation sites excluding steroid dienone is 1. The number of aliphatic hydroxyl groups is 2. The molecular formula is C37H36O8. The van der Waals surface area contributed by atoms with E-state index < -0.39 is 40.5 Å². The van der Waals surface area contributed by atoms with Gasteiger partial charge >= 0.3 is 0 Å². The number of Topliss-reactive ketones (excluding diaryl/α,β-unsaturated/α-hetero) is 3. The average molecular weight is 609 g/mol. The number of benzene rings is 3. The number of ketones is 3. The van der Waals surface area contributed by atoms with Gasteiger partial charge in [0.2, 0.25) is 11.6 Å². The molecule has 0 heterocycles. The first kappa shape index (κ1) is 30.3. The van der Waals surface area contributed by atoms with Gasteiger partial charge in [-0.15, -0.1) is 0 Å². The first-order valence-electron chi connectivity index (χ1n) is 15.4. The summed E-state index contributed by atoms with van der Waals surface area (Å²) in [5.41, 5.74) is 1.23. The van der Waals surface area contributed by atoms with E-state index in [9.17, 15) is 29.7 Å². The highest BCUT2D eigenvalue weighted by molar-refractivity contribution is 6.33. The Morgan fingerprint density at radius 1 is 0.956 bits per heavy atom. The standard InChI is InChI=1S/C37H36O8/c1-4-27(38)33-30(45-19-21-9-7-6-8-10-21)18-24-15-23-16-26-25(22-12-11-20(3)29(17-22)44-5-2)13-14-28(39)32(26)34(40)31(23)35(41)37(24,43)36(33)42/h6-14,17,23-24,39-40,43H,4-5,15-16,18-19H2,1-3H3/t23-,24+,37+/m1/s1. The summed E-state index contributed by atoms with van der Waals surface area (Å²) < 4.78 is 11.9. The molecule has 0 amide bonds. The van der Waals surface area contributed by atoms with Crippen molar-refractivity contribution in [3.63, 3.8) is 0 Å². The molecule has 0 radical (unpaired) electrons. The molecule has 1 saturated carbocycles. The fourth-order valence-electron chi connectivity index (χ4n) is 7.03. The minimum atomic E-state index is -2.53. The van der Waals surface area contributed by atoms with Crippen molar-refractivity contribution in [1.29, 1.82) is 0 Å². The number of aliphatic hydroxyl groups excluding tert-OH is 1. The van der Waals surface area contributed by atoms with Crippen molar-refractivity contribution < 1.29 is 39.2 Å². The van der Waals surface area contributed by atoms with E-state index in [0.717, 1.165) is 28.0 Å². The van der Waals surface area contributed by atoms with Crippen LogP contribution in [-0.4, -0.2) is 44.9 Å². The molecule has 0 aliphatic heterocycles. The highest BCUT2D eigenvalue weighted by Crippen LogP contribution is 2.53. The molecule has 232 valence electrons. The Hall–Kier alpha value is -4.69. The molecule has 45 heavy (non-hydrogen) atoms. The Labute approximate surface area is 261 Å². The summed E-state index contributed by atoms with van der Waals surface area (Å²) in [4.78, 5) is 41.2. The van der Waals surface area contributed by atoms with Gasteiger partial charge in [0, 0.05) is 24.3 Å². The second-order valence-corrected chi connectivity index (χ2v) is 12.0. The van der Waals surface area contributed by atoms with Crippen molar-refractivity contribution >= 4 is 23.1 Å². The summed E-state index contributed by atoms with van der Waals surface area (Å²) >= 11 is 0. The highest BCUT2D eigenvalue weighted by Gasteiger charge is 2.61. The third kappa shape index (κ3) is 4.93. The van der Waals surface area contributed by atoms with Crippen molar-refractivity contribution in [2.45, 2.75) is 58.7 Å². The number of carbonyl (C=O) groups excluding carboxylic acids is 3. The third-order valence-corrected chi connectivity index (χ3v) is 9.33. The quantitative estimate of drug-likeness (QED) is 0.211. The number of fused-ring (bicyclic) bond motifs is 3. The monoisotopic (exact) mass is 608 g/mol. The fraction of sp³-hybridized carbons (Fsp3) is 0.324. The molecular weight excluding hydrogens is 572 g/mol. The van der Waals surface area contributed by atoms with Gasteiger partial charge in [0.25, 0.3) is 0 Å². The molecule has 8 heteroatoms. The molecule has 0 unspecified atom stereocenters. The molecule has 3 N–H and O–H groups in total. The van der Waals surface area contributed by atoms with Crippen molar-refractivity contribution in [3.05, 3.63) is 99.8 Å². The van der Waals surface area contributed by atoms with E-state index in [-0.39, 0.29) is 60.5 Å². The van der Waals surface area contributed by atoms with Crippen LogP contribution in [0.3, 0.4) is 0 Å². The van der Waals surface area contributed by atoms with E-state index in [4.69, 9.17) is 9.47 Å². The molecule has 6 rings (SSSR count). The van der Waals surface area contributed by atoms with Crippen LogP contribution >= 0.6 is 0 Å². The number of phenols is 1. The normalized spacial score (nSPS) is 22.5. The maximum atomic E-state index is 14.1. The Kier molecular flexibility index (Phi) is 7.87. The van der Waals surface area contributed by atoms with Gasteiger partial charge in [-0.3, -0.25) is 14.4 Å². The smallest absolute Gasteiger partial charge is 0.209 e. The summed E-state index contributed by atoms with van der Waals surface area (Å²) in [6, 6.07) is 18.4. The van der Waals surface area contributed by atoms with Crippen LogP contribution in [-0.2, 0) is 32.1 Å². The van der Waals surface area contributed by atoms with Gasteiger partial charge < -0.3 is 24.8 Å². The van der Waals surface area contributed by atoms with E-state index >= 15 is 0 Å². The summed E-state index contributed by atoms with van der Waals surface area (Å²) in [7, 11) is 0. The molecule has 3 aromatic rings. The zero-order chi connectivity index (χ0) is 32.0. The molecule has 0 spiro atoms. The second-order valence-electron chi connectivity index (χ2n) is 12.0. The van der Waals surface area contributed by atoms with Crippen LogP contribution in [0.2, 0.25) is 0 Å². The molecule has 3 aliphatic carbocycles. The van der Waals surface area contributed by atoms with Gasteiger partial charge in [0.05, 0.1) is 12.2 Å². The Morgan fingerprint density at radius 3 is 2.42 bits per heavy atom. The van der Waals surface area contributed by atoms with Crippen LogP contribution in [0.15, 0.2) is 77.6 Å². The average Bonchev–Trinajstić information content (AvgIpc) is 3.03. The van der Waals surface area contributed by atoms with E-state index in [2.05, 4.69) is 0 Å². The van der Waals surface area contributed by atoms with Crippen LogP contribution in [0.25, 0.3) is 16.9 Å². The first-order chi connectivity index (χ1) is 21.6. The van der Waals surface area contributed by atoms with Gasteiger partial charge in [0.15, 0.2) is 11.4 Å². The molecule has 0 saturated heterocycles. The van der Waals surface area contributed by atoms with Crippen LogP contribution < -0.4 is 4.74 Å². The summed E-state index contributed by atoms with van der Waals surface area (Å²) in [5, 5.41) is 34.4. The molecule has 8 nitrogen and oxygen atoms in total. The fourth-order valence-corrected chi connectivity index (χ4v) is 7.03. The zero-order valence-corrected chi connectivity index (χ0v) is 25.6. The minimum absolute atomic E-state index is 0.0151. The van der Waals surface area contributed by atoms with Crippen molar-refractivity contribution in [3.8, 4) is 22.6 Å². The lowest BCUT2D eigenvalue weighted by Crippen LogP contribution is -2.61. The van der Waals surface area contributed by atoms with Gasteiger partial charge in [-0.2, -0.15) is 0 Å². The second kappa shape index (κ2) is 11.7. The number of carbonyl (C=O) groups is 3. The highest BCUT2D eigenvalue weighted by atomic mass is 16.5. The number of hydrogen-bond acceptors (Lipinski definition) is 8. The molecule has 3 atom stereocenters. The van der Waals surface area contributed by atoms with Crippen LogP contribution in [0.1, 0.15) is 55.4 Å². The Morgan fingerprint density at radius 2 is 1.71 bits per heavy atom. The van der Waals surface area contributed by atoms with E-state index in [0.29, 0.717) is 12.2 Å². The lowest BCUT2D eigenvalue weighted by molar-refractivity contribution is -0.158. The summed E-state index contributed by atoms with van der Waals surface area (Å²) in [5.74, 6) is -3.65. The van der Waals surface area contributed by atoms with E-state index in [1.807, 2.05) is 62.4 Å². The number of aromatic hydroxyl groups is 1. The van der Waals surface area contributed by atoms with E-state index in [1.165, 1.54) is 6.07 Å². The van der Waals surface area contributed by atoms with Gasteiger partial charge in [-0.25, -0.2) is 0 Å². The summed E-state index contributed by atoms with van der Waals surface area (Å²) in [6.07, 6.45) is 0.472. The van der Waals surface area contributed by atoms with Crippen molar-refractivity contribution in [2.75, 3.05) is 6.61 Å². The SMILES string of the molecule is CCOc1cc(-c2ccc(O)c3c2C[C@H]2C[C@H]4CC(OCc5ccccc5)=C(C(=O)CC)C(=O)[C@@]4(O)C(=O)C2=C3O)ccc1C. The van der Waals surface area contributed by atoms with Crippen LogP contribution in [0.4, 0.5) is 0 Å². The minimum Gasteiger partial charge on any atom is -0.507 e. The maximum Gasteiger partial charge on any atom is 0.209 e. The topological polar surface area (TPSA) is 130 Å². The lowest BCUT2D eigenvalue weighted by atomic mass is 9.58. The number of rotatable bonds is 8. The van der Waals surface area contributed by atoms with E-state index in [1.54, 1.807) is 13.0 Å². The Bertz CT molecular complexity index is 1780. The number of ether oxygens (including phenoxy) is 2. The maximum absolute atomic E-state index is 14.1. The predicted octanol–water partition coefficient (Wildman–Crippen LogP) is 5.95. The molecule has 3 aromatic carbocycles. The third-order valence-electron chi connectivity index (χ3n) is 9.33. The lowest BCUT2D eigenvalue weighted by Gasteiger charge is -2.46. The molecule has 0 bridgehead atoms. The van der Waals surface area contributed by atoms with Crippen molar-refractivity contribution in [1.82, 2.24) is 0 Å². The number of aryl methyl sites for hydroxylation is 1. The first-order valence-corrected chi connectivity index (χ1v) is 15.4. The largest absolute Gasteiger partial charge is 0.507 e. The van der Waals surface area contributed by atoms with Gasteiger partial charge in [-0.05, 0) is 72.6 Å². The molecule has 1 fully saturated rings. The molecule has 0 aromatic heterocycles. The number of hydrogen-bond donors (Lipinski definition) is 3.